The molecular weight excluding hydrogens is 154 g/mol. The summed E-state index contributed by atoms with van der Waals surface area (Å²) >= 11 is 0. The van der Waals surface area contributed by atoms with Crippen molar-refractivity contribution in [3.8, 4) is 0 Å². The van der Waals surface area contributed by atoms with Gasteiger partial charge in [-0.05, 0) is 12.8 Å². The SMILES string of the molecule is CCCCN(C=O)CCCC=O. The average molecular weight is 171 g/mol. The van der Waals surface area contributed by atoms with Crippen LogP contribution in [-0.2, 0) is 9.59 Å². The molecule has 0 radical (unpaired) electrons. The molecule has 0 aliphatic rings. The lowest BCUT2D eigenvalue weighted by Gasteiger charge is -2.15. The van der Waals surface area contributed by atoms with E-state index in [1.54, 1.807) is 4.90 Å². The Kier molecular flexibility index (Phi) is 7.65. The predicted molar refractivity (Wildman–Crippen MR) is 47.8 cm³/mol. The molecule has 0 saturated heterocycles. The molecule has 0 rings (SSSR count). The largest absolute Gasteiger partial charge is 0.345 e. The van der Waals surface area contributed by atoms with Gasteiger partial charge in [-0.1, -0.05) is 13.3 Å². The van der Waals surface area contributed by atoms with Crippen LogP contribution in [-0.4, -0.2) is 30.7 Å². The van der Waals surface area contributed by atoms with Gasteiger partial charge in [0.05, 0.1) is 0 Å². The molecule has 12 heavy (non-hydrogen) atoms. The number of hydrogen-bond donors (Lipinski definition) is 0. The van der Waals surface area contributed by atoms with Gasteiger partial charge in [-0.25, -0.2) is 0 Å². The van der Waals surface area contributed by atoms with Crippen LogP contribution in [0.3, 0.4) is 0 Å². The highest BCUT2D eigenvalue weighted by Crippen LogP contribution is 1.94. The highest BCUT2D eigenvalue weighted by molar-refractivity contribution is 5.50. The zero-order valence-corrected chi connectivity index (χ0v) is 7.66. The van der Waals surface area contributed by atoms with Crippen molar-refractivity contribution in [3.63, 3.8) is 0 Å². The molecule has 0 heterocycles. The molecule has 0 aromatic heterocycles. The van der Waals surface area contributed by atoms with E-state index in [1.165, 1.54) is 0 Å². The van der Waals surface area contributed by atoms with Gasteiger partial charge in [0.15, 0.2) is 0 Å². The lowest BCUT2D eigenvalue weighted by Crippen LogP contribution is -2.24. The Hall–Kier alpha value is -0.860. The van der Waals surface area contributed by atoms with Gasteiger partial charge < -0.3 is 9.69 Å². The molecule has 70 valence electrons. The molecule has 0 aromatic carbocycles. The lowest BCUT2D eigenvalue weighted by atomic mass is 10.3. The average Bonchev–Trinajstić information content (AvgIpc) is 2.11. The molecule has 0 fully saturated rings. The number of nitrogens with zero attached hydrogens (tertiary/aromatic N) is 1. The van der Waals surface area contributed by atoms with Crippen LogP contribution in [0.25, 0.3) is 0 Å². The number of carbonyl (C=O) groups is 2. The van der Waals surface area contributed by atoms with Crippen LogP contribution in [0, 0.1) is 0 Å². The van der Waals surface area contributed by atoms with Crippen LogP contribution >= 0.6 is 0 Å². The Morgan fingerprint density at radius 1 is 1.17 bits per heavy atom. The van der Waals surface area contributed by atoms with E-state index in [-0.39, 0.29) is 0 Å². The summed E-state index contributed by atoms with van der Waals surface area (Å²) in [5.41, 5.74) is 0. The van der Waals surface area contributed by atoms with Crippen LogP contribution in [0.15, 0.2) is 0 Å². The van der Waals surface area contributed by atoms with Gasteiger partial charge in [0.1, 0.15) is 6.29 Å². The van der Waals surface area contributed by atoms with Crippen LogP contribution < -0.4 is 0 Å². The van der Waals surface area contributed by atoms with Crippen molar-refractivity contribution < 1.29 is 9.59 Å². The van der Waals surface area contributed by atoms with E-state index in [0.29, 0.717) is 13.0 Å². The van der Waals surface area contributed by atoms with Crippen molar-refractivity contribution in [2.75, 3.05) is 13.1 Å². The Morgan fingerprint density at radius 3 is 2.33 bits per heavy atom. The zero-order valence-electron chi connectivity index (χ0n) is 7.66. The summed E-state index contributed by atoms with van der Waals surface area (Å²) in [6.45, 7) is 3.62. The minimum Gasteiger partial charge on any atom is -0.345 e. The fourth-order valence-electron chi connectivity index (χ4n) is 0.956. The molecule has 0 aliphatic carbocycles. The van der Waals surface area contributed by atoms with Gasteiger partial charge in [0.25, 0.3) is 0 Å². The van der Waals surface area contributed by atoms with Crippen LogP contribution in [0.1, 0.15) is 32.6 Å². The summed E-state index contributed by atoms with van der Waals surface area (Å²) in [6.07, 6.45) is 5.23. The van der Waals surface area contributed by atoms with Gasteiger partial charge in [0, 0.05) is 19.5 Å². The second-order valence-corrected chi connectivity index (χ2v) is 2.80. The van der Waals surface area contributed by atoms with Gasteiger partial charge >= 0.3 is 0 Å². The molecule has 0 aliphatic heterocycles. The summed E-state index contributed by atoms with van der Waals surface area (Å²) in [4.78, 5) is 22.2. The first-order chi connectivity index (χ1) is 5.85. The summed E-state index contributed by atoms with van der Waals surface area (Å²) in [5.74, 6) is 0. The minimum atomic E-state index is 0.552. The van der Waals surface area contributed by atoms with Gasteiger partial charge in [-0.2, -0.15) is 0 Å². The van der Waals surface area contributed by atoms with E-state index < -0.39 is 0 Å². The molecule has 0 bridgehead atoms. The molecule has 3 heteroatoms. The maximum Gasteiger partial charge on any atom is 0.209 e. The van der Waals surface area contributed by atoms with Crippen LogP contribution in [0.2, 0.25) is 0 Å². The maximum absolute atomic E-state index is 10.4. The molecule has 1 amide bonds. The number of unbranched alkanes of at least 4 members (excludes halogenated alkanes) is 2. The van der Waals surface area contributed by atoms with Gasteiger partial charge in [-0.15, -0.1) is 0 Å². The highest BCUT2D eigenvalue weighted by atomic mass is 16.1. The second kappa shape index (κ2) is 8.24. The monoisotopic (exact) mass is 171 g/mol. The molecule has 0 spiro atoms. The summed E-state index contributed by atoms with van der Waals surface area (Å²) in [6, 6.07) is 0. The first-order valence-electron chi connectivity index (χ1n) is 4.48. The topological polar surface area (TPSA) is 37.4 Å². The first-order valence-corrected chi connectivity index (χ1v) is 4.48. The third-order valence-electron chi connectivity index (χ3n) is 1.72. The number of amides is 1. The van der Waals surface area contributed by atoms with Crippen molar-refractivity contribution in [2.45, 2.75) is 32.6 Å². The third-order valence-corrected chi connectivity index (χ3v) is 1.72. The van der Waals surface area contributed by atoms with E-state index in [2.05, 4.69) is 6.92 Å². The Bertz CT molecular complexity index is 126. The normalized spacial score (nSPS) is 9.42. The van der Waals surface area contributed by atoms with Gasteiger partial charge in [-0.3, -0.25) is 4.79 Å². The van der Waals surface area contributed by atoms with Crippen molar-refractivity contribution in [3.05, 3.63) is 0 Å². The lowest BCUT2D eigenvalue weighted by molar-refractivity contribution is -0.118. The maximum atomic E-state index is 10.4. The van der Waals surface area contributed by atoms with Crippen LogP contribution in [0.5, 0.6) is 0 Å². The second-order valence-electron chi connectivity index (χ2n) is 2.80. The third kappa shape index (κ3) is 5.89. The van der Waals surface area contributed by atoms with E-state index in [0.717, 1.165) is 38.5 Å². The smallest absolute Gasteiger partial charge is 0.209 e. The van der Waals surface area contributed by atoms with Gasteiger partial charge in [0.2, 0.25) is 6.41 Å². The van der Waals surface area contributed by atoms with E-state index >= 15 is 0 Å². The minimum absolute atomic E-state index is 0.552. The first kappa shape index (κ1) is 11.1. The zero-order chi connectivity index (χ0) is 9.23. The van der Waals surface area contributed by atoms with E-state index in [1.807, 2.05) is 0 Å². The highest BCUT2D eigenvalue weighted by Gasteiger charge is 1.98. The predicted octanol–water partition coefficient (Wildman–Crippen LogP) is 1.22. The van der Waals surface area contributed by atoms with E-state index in [9.17, 15) is 9.59 Å². The van der Waals surface area contributed by atoms with Crippen molar-refractivity contribution >= 4 is 12.7 Å². The molecule has 0 atom stereocenters. The summed E-state index contributed by atoms with van der Waals surface area (Å²) in [5, 5.41) is 0. The molecule has 0 N–H and O–H groups in total. The van der Waals surface area contributed by atoms with Crippen molar-refractivity contribution in [1.29, 1.82) is 0 Å². The fourth-order valence-corrected chi connectivity index (χ4v) is 0.956. The van der Waals surface area contributed by atoms with Crippen molar-refractivity contribution in [2.24, 2.45) is 0 Å². The standard InChI is InChI=1S/C9H17NO2/c1-2-3-6-10(9-12)7-4-5-8-11/h8-9H,2-7H2,1H3. The van der Waals surface area contributed by atoms with E-state index in [4.69, 9.17) is 0 Å². The molecule has 0 saturated carbocycles. The van der Waals surface area contributed by atoms with Crippen molar-refractivity contribution in [1.82, 2.24) is 4.90 Å². The molecule has 0 unspecified atom stereocenters. The Labute approximate surface area is 73.7 Å². The summed E-state index contributed by atoms with van der Waals surface area (Å²) in [7, 11) is 0. The fraction of sp³-hybridized carbons (Fsp3) is 0.778. The number of carbonyl (C=O) groups excluding carboxylic acids is 2. The van der Waals surface area contributed by atoms with Crippen LogP contribution in [0.4, 0.5) is 0 Å². The number of aldehydes is 1. The summed E-state index contributed by atoms with van der Waals surface area (Å²) < 4.78 is 0. The molecule has 0 aromatic rings. The number of hydrogen-bond acceptors (Lipinski definition) is 2. The molecular formula is C9H17NO2. The molecule has 3 nitrogen and oxygen atoms in total. The Balaban J connectivity index is 3.38. The number of rotatable bonds is 8. The quantitative estimate of drug-likeness (QED) is 0.407. The Morgan fingerprint density at radius 2 is 1.83 bits per heavy atom.